The minimum Gasteiger partial charge on any atom is -0.428 e. The van der Waals surface area contributed by atoms with Gasteiger partial charge in [0.25, 0.3) is 0 Å². The molecule has 4 atom stereocenters. The molecular weight excluding hydrogens is 244 g/mol. The Morgan fingerprint density at radius 2 is 1.89 bits per heavy atom. The van der Waals surface area contributed by atoms with Crippen LogP contribution < -0.4 is 0 Å². The Kier molecular flexibility index (Phi) is 2.64. The fourth-order valence-electron chi connectivity index (χ4n) is 4.74. The van der Waals surface area contributed by atoms with Crippen LogP contribution in [0.1, 0.15) is 46.5 Å². The molecule has 0 saturated heterocycles. The first-order valence-corrected chi connectivity index (χ1v) is 7.09. The van der Waals surface area contributed by atoms with E-state index in [1.54, 1.807) is 0 Å². The van der Waals surface area contributed by atoms with E-state index in [1.807, 2.05) is 0 Å². The lowest BCUT2D eigenvalue weighted by molar-refractivity contribution is -0.153. The van der Waals surface area contributed by atoms with E-state index < -0.39 is 18.4 Å². The molecular formula is C15H22O4. The lowest BCUT2D eigenvalue weighted by atomic mass is 9.50. The third-order valence-electron chi connectivity index (χ3n) is 5.61. The number of rotatable bonds is 0. The molecule has 1 aliphatic heterocycles. The molecule has 0 aromatic rings. The van der Waals surface area contributed by atoms with Crippen LogP contribution in [0.25, 0.3) is 0 Å². The third kappa shape index (κ3) is 1.62. The number of hydrogen-bond acceptors (Lipinski definition) is 4. The van der Waals surface area contributed by atoms with Crippen molar-refractivity contribution in [1.82, 2.24) is 0 Å². The minimum absolute atomic E-state index is 0.109. The van der Waals surface area contributed by atoms with Crippen molar-refractivity contribution in [2.75, 3.05) is 0 Å². The van der Waals surface area contributed by atoms with Gasteiger partial charge in [-0.3, -0.25) is 0 Å². The third-order valence-corrected chi connectivity index (χ3v) is 5.61. The van der Waals surface area contributed by atoms with Crippen LogP contribution in [0.5, 0.6) is 0 Å². The van der Waals surface area contributed by atoms with Crippen molar-refractivity contribution in [2.24, 2.45) is 16.7 Å². The highest BCUT2D eigenvalue weighted by atomic mass is 16.6. The second-order valence-electron chi connectivity index (χ2n) is 7.15. The van der Waals surface area contributed by atoms with Crippen LogP contribution in [0.4, 0.5) is 0 Å². The van der Waals surface area contributed by atoms with Crippen LogP contribution in [-0.4, -0.2) is 28.6 Å². The zero-order valence-electron chi connectivity index (χ0n) is 11.8. The van der Waals surface area contributed by atoms with Gasteiger partial charge in [0, 0.05) is 5.57 Å². The zero-order valence-corrected chi connectivity index (χ0v) is 11.8. The molecule has 0 aromatic carbocycles. The Bertz CT molecular complexity index is 465. The Morgan fingerprint density at radius 3 is 2.58 bits per heavy atom. The van der Waals surface area contributed by atoms with E-state index >= 15 is 0 Å². The topological polar surface area (TPSA) is 66.8 Å². The monoisotopic (exact) mass is 266 g/mol. The summed E-state index contributed by atoms with van der Waals surface area (Å²) in [6.07, 6.45) is 1.76. The number of ether oxygens (including phenoxy) is 1. The quantitative estimate of drug-likeness (QED) is 0.656. The maximum atomic E-state index is 11.8. The molecule has 3 aliphatic rings. The van der Waals surface area contributed by atoms with E-state index in [-0.39, 0.29) is 16.7 Å². The van der Waals surface area contributed by atoms with Gasteiger partial charge in [0.2, 0.25) is 6.29 Å². The molecule has 1 heterocycles. The molecule has 4 nitrogen and oxygen atoms in total. The van der Waals surface area contributed by atoms with E-state index in [0.29, 0.717) is 17.6 Å². The second-order valence-corrected chi connectivity index (χ2v) is 7.15. The molecule has 1 fully saturated rings. The summed E-state index contributed by atoms with van der Waals surface area (Å²) in [6.45, 7) is 6.56. The van der Waals surface area contributed by atoms with Gasteiger partial charge in [0.15, 0.2) is 0 Å². The Balaban J connectivity index is 2.15. The fourth-order valence-corrected chi connectivity index (χ4v) is 4.74. The lowest BCUT2D eigenvalue weighted by Gasteiger charge is -2.54. The molecule has 0 amide bonds. The van der Waals surface area contributed by atoms with Gasteiger partial charge in [-0.05, 0) is 36.0 Å². The average molecular weight is 266 g/mol. The van der Waals surface area contributed by atoms with Crippen molar-refractivity contribution >= 4 is 5.97 Å². The summed E-state index contributed by atoms with van der Waals surface area (Å²) in [7, 11) is 0. The Morgan fingerprint density at radius 1 is 1.21 bits per heavy atom. The molecule has 0 spiro atoms. The Hall–Kier alpha value is -0.870. The lowest BCUT2D eigenvalue weighted by Crippen LogP contribution is -2.49. The number of carbonyl (C=O) groups is 1. The molecule has 0 radical (unpaired) electrons. The number of fused-ring (bicyclic) bond motifs is 2. The van der Waals surface area contributed by atoms with E-state index in [1.165, 1.54) is 0 Å². The first-order valence-electron chi connectivity index (χ1n) is 7.09. The first kappa shape index (κ1) is 13.1. The molecule has 0 aromatic heterocycles. The average Bonchev–Trinajstić information content (AvgIpc) is 2.59. The van der Waals surface area contributed by atoms with Gasteiger partial charge in [0.05, 0.1) is 11.7 Å². The first-order chi connectivity index (χ1) is 8.77. The van der Waals surface area contributed by atoms with Gasteiger partial charge < -0.3 is 14.9 Å². The summed E-state index contributed by atoms with van der Waals surface area (Å²) < 4.78 is 4.94. The van der Waals surface area contributed by atoms with Crippen molar-refractivity contribution in [3.63, 3.8) is 0 Å². The van der Waals surface area contributed by atoms with Gasteiger partial charge in [-0.1, -0.05) is 27.2 Å². The number of aliphatic hydroxyl groups is 2. The molecule has 0 bridgehead atoms. The van der Waals surface area contributed by atoms with Gasteiger partial charge in [0.1, 0.15) is 0 Å². The second kappa shape index (κ2) is 3.83. The molecule has 3 rings (SSSR count). The van der Waals surface area contributed by atoms with E-state index in [2.05, 4.69) is 20.8 Å². The smallest absolute Gasteiger partial charge is 0.339 e. The summed E-state index contributed by atoms with van der Waals surface area (Å²) in [5, 5.41) is 20.4. The van der Waals surface area contributed by atoms with Crippen molar-refractivity contribution in [2.45, 2.75) is 58.8 Å². The van der Waals surface area contributed by atoms with Crippen molar-refractivity contribution < 1.29 is 19.7 Å². The summed E-state index contributed by atoms with van der Waals surface area (Å²) in [4.78, 5) is 11.8. The van der Waals surface area contributed by atoms with E-state index in [0.717, 1.165) is 19.3 Å². The summed E-state index contributed by atoms with van der Waals surface area (Å²) in [5.74, 6) is -0.273. The molecule has 106 valence electrons. The van der Waals surface area contributed by atoms with Crippen LogP contribution in [0.3, 0.4) is 0 Å². The molecule has 19 heavy (non-hydrogen) atoms. The molecule has 2 N–H and O–H groups in total. The maximum absolute atomic E-state index is 11.8. The largest absolute Gasteiger partial charge is 0.428 e. The van der Waals surface area contributed by atoms with Crippen LogP contribution >= 0.6 is 0 Å². The van der Waals surface area contributed by atoms with Crippen molar-refractivity contribution in [3.8, 4) is 0 Å². The number of hydrogen-bond donors (Lipinski definition) is 2. The molecule has 1 unspecified atom stereocenters. The predicted molar refractivity (Wildman–Crippen MR) is 69.0 cm³/mol. The summed E-state index contributed by atoms with van der Waals surface area (Å²) in [5.41, 5.74) is 0.845. The predicted octanol–water partition coefficient (Wildman–Crippen LogP) is 1.76. The molecule has 1 saturated carbocycles. The number of esters is 1. The fraction of sp³-hybridized carbons (Fsp3) is 0.800. The highest BCUT2D eigenvalue weighted by Gasteiger charge is 2.58. The van der Waals surface area contributed by atoms with Gasteiger partial charge in [-0.15, -0.1) is 0 Å². The highest BCUT2D eigenvalue weighted by Crippen LogP contribution is 2.61. The van der Waals surface area contributed by atoms with Crippen LogP contribution in [0.15, 0.2) is 11.1 Å². The minimum atomic E-state index is -1.17. The zero-order chi connectivity index (χ0) is 14.0. The van der Waals surface area contributed by atoms with Crippen molar-refractivity contribution in [3.05, 3.63) is 11.1 Å². The van der Waals surface area contributed by atoms with Crippen LogP contribution in [-0.2, 0) is 9.53 Å². The number of carbonyl (C=O) groups excluding carboxylic acids is 1. The van der Waals surface area contributed by atoms with Gasteiger partial charge in [-0.2, -0.15) is 0 Å². The van der Waals surface area contributed by atoms with Crippen LogP contribution in [0.2, 0.25) is 0 Å². The standard InChI is InChI=1S/C15H22O4/c1-14(2)5-4-6-15(3)9(14)7-8(16)10-11(15)13(18)19-12(10)17/h8-9,13,16,18H,4-7H2,1-3H3/t8-,9+,13?,15+/m1/s1. The highest BCUT2D eigenvalue weighted by molar-refractivity contribution is 5.93. The summed E-state index contributed by atoms with van der Waals surface area (Å²) >= 11 is 0. The molecule has 2 aliphatic carbocycles. The van der Waals surface area contributed by atoms with E-state index in [9.17, 15) is 15.0 Å². The maximum Gasteiger partial charge on any atom is 0.339 e. The Labute approximate surface area is 113 Å². The molecule has 4 heteroatoms. The van der Waals surface area contributed by atoms with Gasteiger partial charge >= 0.3 is 5.97 Å². The van der Waals surface area contributed by atoms with Crippen LogP contribution in [0, 0.1) is 16.7 Å². The normalized spacial score (nSPS) is 44.7. The van der Waals surface area contributed by atoms with Crippen molar-refractivity contribution in [1.29, 1.82) is 0 Å². The SMILES string of the molecule is CC1(C)CCC[C@]2(C)C3=C(C(=O)OC3O)[C@H](O)C[C@@H]12. The number of aliphatic hydroxyl groups excluding tert-OH is 2. The van der Waals surface area contributed by atoms with E-state index in [4.69, 9.17) is 4.74 Å². The number of cyclic esters (lactones) is 1. The summed E-state index contributed by atoms with van der Waals surface area (Å²) in [6, 6.07) is 0. The van der Waals surface area contributed by atoms with Gasteiger partial charge in [-0.25, -0.2) is 4.79 Å².